The first-order valence-electron chi connectivity index (χ1n) is 6.15. The van der Waals surface area contributed by atoms with Gasteiger partial charge in [0.05, 0.1) is 12.6 Å². The highest BCUT2D eigenvalue weighted by atomic mass is 16.5. The molecule has 1 rings (SSSR count). The van der Waals surface area contributed by atoms with Crippen molar-refractivity contribution in [2.24, 2.45) is 5.84 Å². The third kappa shape index (κ3) is 4.67. The molecule has 2 N–H and O–H groups in total. The molecular weight excluding hydrogens is 234 g/mol. The Labute approximate surface area is 106 Å². The Morgan fingerprint density at radius 2 is 2.17 bits per heavy atom. The maximum absolute atomic E-state index is 11.6. The minimum atomic E-state index is -0.479. The third-order valence-electron chi connectivity index (χ3n) is 2.59. The van der Waals surface area contributed by atoms with Gasteiger partial charge in [-0.1, -0.05) is 31.3 Å². The molecule has 0 spiro atoms. The molecule has 6 heteroatoms. The summed E-state index contributed by atoms with van der Waals surface area (Å²) in [6.45, 7) is 2.11. The number of Topliss-reactive ketones (excluding diaryl/α,β-unsaturated/α-hetero) is 1. The number of nitrogens with two attached hydrogens (primary N) is 1. The lowest BCUT2D eigenvalue weighted by Gasteiger charge is -2.11. The van der Waals surface area contributed by atoms with Crippen LogP contribution in [0.2, 0.25) is 0 Å². The van der Waals surface area contributed by atoms with Crippen LogP contribution in [0.5, 0.6) is 0 Å². The van der Waals surface area contributed by atoms with Crippen molar-refractivity contribution in [2.75, 3.05) is 5.01 Å². The number of hydrogen-bond acceptors (Lipinski definition) is 5. The van der Waals surface area contributed by atoms with Crippen LogP contribution in [0, 0.1) is 0 Å². The Balaban J connectivity index is 2.29. The van der Waals surface area contributed by atoms with E-state index in [0.29, 0.717) is 6.42 Å². The third-order valence-corrected chi connectivity index (χ3v) is 2.59. The van der Waals surface area contributed by atoms with E-state index in [1.807, 2.05) is 0 Å². The Morgan fingerprint density at radius 3 is 2.78 bits per heavy atom. The molecule has 0 fully saturated rings. The summed E-state index contributed by atoms with van der Waals surface area (Å²) in [5, 5.41) is 4.26. The van der Waals surface area contributed by atoms with Gasteiger partial charge in [0, 0.05) is 12.5 Å². The highest BCUT2D eigenvalue weighted by Gasteiger charge is 2.18. The molecule has 0 aliphatic heterocycles. The van der Waals surface area contributed by atoms with Gasteiger partial charge in [-0.3, -0.25) is 9.59 Å². The Bertz CT molecular complexity index is 376. The van der Waals surface area contributed by atoms with E-state index < -0.39 is 5.91 Å². The molecule has 0 unspecified atom stereocenters. The van der Waals surface area contributed by atoms with Gasteiger partial charge in [-0.15, -0.1) is 0 Å². The minimum absolute atomic E-state index is 0.0916. The number of nitrogens with zero attached hydrogens (tertiary/aromatic N) is 2. The van der Waals surface area contributed by atoms with Gasteiger partial charge >= 0.3 is 0 Å². The van der Waals surface area contributed by atoms with Gasteiger partial charge < -0.3 is 4.52 Å². The molecule has 0 saturated heterocycles. The maximum Gasteiger partial charge on any atom is 0.251 e. The highest BCUT2D eigenvalue weighted by molar-refractivity contribution is 6.04. The smallest absolute Gasteiger partial charge is 0.251 e. The van der Waals surface area contributed by atoms with Gasteiger partial charge in [-0.05, 0) is 6.42 Å². The van der Waals surface area contributed by atoms with Crippen LogP contribution in [0.4, 0.5) is 5.88 Å². The summed E-state index contributed by atoms with van der Waals surface area (Å²) < 4.78 is 4.73. The standard InChI is InChI=1S/C12H19N3O3/c1-2-3-4-5-6-10(16)9-11(17)15(13)12-7-8-14-18-12/h7-8H,2-6,9,13H2,1H3. The molecule has 0 bridgehead atoms. The number of carbonyl (C=O) groups excluding carboxylic acids is 2. The number of carbonyl (C=O) groups is 2. The average molecular weight is 253 g/mol. The summed E-state index contributed by atoms with van der Waals surface area (Å²) in [6.07, 6.45) is 5.70. The molecule has 0 aliphatic rings. The normalized spacial score (nSPS) is 10.3. The van der Waals surface area contributed by atoms with E-state index in [-0.39, 0.29) is 18.1 Å². The number of aromatic nitrogens is 1. The Morgan fingerprint density at radius 1 is 1.39 bits per heavy atom. The lowest BCUT2D eigenvalue weighted by Crippen LogP contribution is -2.38. The SMILES string of the molecule is CCCCCCC(=O)CC(=O)N(N)c1ccno1. The van der Waals surface area contributed by atoms with Crippen LogP contribution in [-0.2, 0) is 9.59 Å². The van der Waals surface area contributed by atoms with Crippen LogP contribution < -0.4 is 10.9 Å². The quantitative estimate of drug-likeness (QED) is 0.251. The molecule has 0 saturated carbocycles. The van der Waals surface area contributed by atoms with E-state index >= 15 is 0 Å². The first-order chi connectivity index (χ1) is 8.65. The number of anilines is 1. The van der Waals surface area contributed by atoms with Gasteiger partial charge in [0.1, 0.15) is 5.78 Å². The van der Waals surface area contributed by atoms with Crippen LogP contribution in [0.3, 0.4) is 0 Å². The number of hydrogen-bond donors (Lipinski definition) is 1. The van der Waals surface area contributed by atoms with E-state index in [9.17, 15) is 9.59 Å². The van der Waals surface area contributed by atoms with E-state index in [2.05, 4.69) is 12.1 Å². The van der Waals surface area contributed by atoms with Crippen molar-refractivity contribution < 1.29 is 14.1 Å². The molecule has 1 amide bonds. The zero-order chi connectivity index (χ0) is 13.4. The van der Waals surface area contributed by atoms with Crippen LogP contribution in [-0.4, -0.2) is 16.8 Å². The Kier molecular flexibility index (Phi) is 6.07. The number of amides is 1. The number of rotatable bonds is 8. The first-order valence-corrected chi connectivity index (χ1v) is 6.15. The summed E-state index contributed by atoms with van der Waals surface area (Å²) >= 11 is 0. The fourth-order valence-electron chi connectivity index (χ4n) is 1.55. The lowest BCUT2D eigenvalue weighted by atomic mass is 10.1. The summed E-state index contributed by atoms with van der Waals surface area (Å²) in [4.78, 5) is 23.2. The van der Waals surface area contributed by atoms with E-state index in [4.69, 9.17) is 10.4 Å². The van der Waals surface area contributed by atoms with Gasteiger partial charge in [-0.2, -0.15) is 0 Å². The second-order valence-corrected chi connectivity index (χ2v) is 4.14. The van der Waals surface area contributed by atoms with E-state index in [1.54, 1.807) is 0 Å². The molecule has 0 aromatic carbocycles. The predicted molar refractivity (Wildman–Crippen MR) is 66.6 cm³/mol. The molecule has 0 radical (unpaired) electrons. The molecule has 6 nitrogen and oxygen atoms in total. The van der Waals surface area contributed by atoms with E-state index in [1.165, 1.54) is 12.3 Å². The molecule has 0 atom stereocenters. The van der Waals surface area contributed by atoms with Crippen molar-refractivity contribution in [3.8, 4) is 0 Å². The second kappa shape index (κ2) is 7.60. The van der Waals surface area contributed by atoms with Crippen LogP contribution >= 0.6 is 0 Å². The second-order valence-electron chi connectivity index (χ2n) is 4.14. The molecule has 1 aromatic rings. The fraction of sp³-hybridized carbons (Fsp3) is 0.583. The van der Waals surface area contributed by atoms with Crippen molar-refractivity contribution in [3.05, 3.63) is 12.3 Å². The largest absolute Gasteiger partial charge is 0.337 e. The summed E-state index contributed by atoms with van der Waals surface area (Å²) in [7, 11) is 0. The van der Waals surface area contributed by atoms with Crippen molar-refractivity contribution in [1.29, 1.82) is 0 Å². The van der Waals surface area contributed by atoms with Crippen LogP contribution in [0.1, 0.15) is 45.4 Å². The number of ketones is 1. The van der Waals surface area contributed by atoms with Crippen LogP contribution in [0.25, 0.3) is 0 Å². The molecule has 100 valence electrons. The van der Waals surface area contributed by atoms with Gasteiger partial charge in [-0.25, -0.2) is 10.9 Å². The molecular formula is C12H19N3O3. The predicted octanol–water partition coefficient (Wildman–Crippen LogP) is 1.81. The molecule has 18 heavy (non-hydrogen) atoms. The zero-order valence-electron chi connectivity index (χ0n) is 10.6. The monoisotopic (exact) mass is 253 g/mol. The minimum Gasteiger partial charge on any atom is -0.337 e. The molecule has 1 aromatic heterocycles. The average Bonchev–Trinajstić information content (AvgIpc) is 2.87. The fourth-order valence-corrected chi connectivity index (χ4v) is 1.55. The first kappa shape index (κ1) is 14.4. The summed E-state index contributed by atoms with van der Waals surface area (Å²) in [5.41, 5.74) is 0. The molecule has 1 heterocycles. The number of unbranched alkanes of at least 4 members (excludes halogenated alkanes) is 3. The van der Waals surface area contributed by atoms with Crippen molar-refractivity contribution in [3.63, 3.8) is 0 Å². The highest BCUT2D eigenvalue weighted by Crippen LogP contribution is 2.11. The van der Waals surface area contributed by atoms with Crippen molar-refractivity contribution in [1.82, 2.24) is 5.16 Å². The van der Waals surface area contributed by atoms with Gasteiger partial charge in [0.25, 0.3) is 5.91 Å². The van der Waals surface area contributed by atoms with Crippen molar-refractivity contribution >= 4 is 17.6 Å². The molecule has 0 aliphatic carbocycles. The van der Waals surface area contributed by atoms with Crippen molar-refractivity contribution in [2.45, 2.75) is 45.4 Å². The van der Waals surface area contributed by atoms with Crippen LogP contribution in [0.15, 0.2) is 16.8 Å². The lowest BCUT2D eigenvalue weighted by molar-refractivity contribution is -0.126. The Hall–Kier alpha value is -1.69. The topological polar surface area (TPSA) is 89.4 Å². The van der Waals surface area contributed by atoms with E-state index in [0.717, 1.165) is 30.7 Å². The van der Waals surface area contributed by atoms with Gasteiger partial charge in [0.15, 0.2) is 0 Å². The zero-order valence-corrected chi connectivity index (χ0v) is 10.6. The summed E-state index contributed by atoms with van der Waals surface area (Å²) in [5.74, 6) is 5.07. The maximum atomic E-state index is 11.6. The number of hydrazine groups is 1. The van der Waals surface area contributed by atoms with Gasteiger partial charge in [0.2, 0.25) is 5.88 Å². The summed E-state index contributed by atoms with van der Waals surface area (Å²) in [6, 6.07) is 1.46.